The lowest BCUT2D eigenvalue weighted by Crippen LogP contribution is -2.30. The van der Waals surface area contributed by atoms with Crippen molar-refractivity contribution in [3.05, 3.63) is 39.7 Å². The molecule has 1 fully saturated rings. The SMILES string of the molecule is CCc1nsc(N2CCCN(c3ccc([N+](=O)[O-])c(C(F)(F)F)c3)CC2)n1. The highest BCUT2D eigenvalue weighted by Crippen LogP contribution is 2.38. The average molecular weight is 401 g/mol. The Morgan fingerprint density at radius 2 is 1.93 bits per heavy atom. The Balaban J connectivity index is 1.80. The fourth-order valence-corrected chi connectivity index (χ4v) is 3.79. The largest absolute Gasteiger partial charge is 0.423 e. The van der Waals surface area contributed by atoms with E-state index in [9.17, 15) is 23.3 Å². The first kappa shape index (κ1) is 19.3. The highest BCUT2D eigenvalue weighted by atomic mass is 32.1. The number of nitro benzene ring substituents is 1. The number of nitro groups is 1. The molecule has 27 heavy (non-hydrogen) atoms. The van der Waals surface area contributed by atoms with Crippen molar-refractivity contribution >= 4 is 28.0 Å². The van der Waals surface area contributed by atoms with Crippen LogP contribution in [0.15, 0.2) is 18.2 Å². The van der Waals surface area contributed by atoms with Crippen LogP contribution in [0.3, 0.4) is 0 Å². The van der Waals surface area contributed by atoms with E-state index in [1.54, 1.807) is 0 Å². The number of nitrogens with zero attached hydrogens (tertiary/aromatic N) is 5. The number of hydrogen-bond acceptors (Lipinski definition) is 7. The Bertz CT molecular complexity index is 827. The summed E-state index contributed by atoms with van der Waals surface area (Å²) in [5.41, 5.74) is -1.81. The molecular weight excluding hydrogens is 383 g/mol. The molecule has 1 aliphatic heterocycles. The van der Waals surface area contributed by atoms with Crippen LogP contribution < -0.4 is 9.80 Å². The van der Waals surface area contributed by atoms with Crippen molar-refractivity contribution in [2.45, 2.75) is 25.9 Å². The number of alkyl halides is 3. The van der Waals surface area contributed by atoms with Crippen molar-refractivity contribution in [1.29, 1.82) is 0 Å². The van der Waals surface area contributed by atoms with Crippen LogP contribution >= 0.6 is 11.5 Å². The van der Waals surface area contributed by atoms with Crippen LogP contribution in [0.2, 0.25) is 0 Å². The second kappa shape index (κ2) is 7.67. The van der Waals surface area contributed by atoms with Gasteiger partial charge in [-0.3, -0.25) is 10.1 Å². The van der Waals surface area contributed by atoms with E-state index in [1.807, 2.05) is 11.8 Å². The monoisotopic (exact) mass is 401 g/mol. The molecule has 0 aliphatic carbocycles. The third kappa shape index (κ3) is 4.29. The lowest BCUT2D eigenvalue weighted by atomic mass is 10.1. The molecule has 2 aromatic rings. The Morgan fingerprint density at radius 3 is 2.56 bits per heavy atom. The Morgan fingerprint density at radius 1 is 1.22 bits per heavy atom. The molecule has 1 aromatic heterocycles. The van der Waals surface area contributed by atoms with Gasteiger partial charge in [-0.15, -0.1) is 0 Å². The number of anilines is 2. The Labute approximate surface area is 157 Å². The number of aryl methyl sites for hydroxylation is 1. The van der Waals surface area contributed by atoms with Crippen LogP contribution in [-0.2, 0) is 12.6 Å². The number of benzene rings is 1. The standard InChI is InChI=1S/C16H18F3N5O2S/c1-2-14-20-15(27-21-14)23-7-3-6-22(8-9-23)11-4-5-13(24(25)26)12(10-11)16(17,18)19/h4-5,10H,2-3,6-9H2,1H3. The number of rotatable bonds is 4. The third-order valence-electron chi connectivity index (χ3n) is 4.39. The third-order valence-corrected chi connectivity index (χ3v) is 5.20. The molecule has 0 saturated carbocycles. The maximum absolute atomic E-state index is 13.2. The van der Waals surface area contributed by atoms with Gasteiger partial charge in [-0.25, -0.2) is 4.98 Å². The molecule has 0 atom stereocenters. The van der Waals surface area contributed by atoms with Crippen molar-refractivity contribution < 1.29 is 18.1 Å². The summed E-state index contributed by atoms with van der Waals surface area (Å²) in [4.78, 5) is 18.3. The molecule has 1 aliphatic rings. The lowest BCUT2D eigenvalue weighted by molar-refractivity contribution is -0.388. The van der Waals surface area contributed by atoms with Crippen molar-refractivity contribution in [3.63, 3.8) is 0 Å². The molecule has 2 heterocycles. The van der Waals surface area contributed by atoms with Crippen molar-refractivity contribution in [2.24, 2.45) is 0 Å². The van der Waals surface area contributed by atoms with Gasteiger partial charge < -0.3 is 9.80 Å². The second-order valence-corrected chi connectivity index (χ2v) is 6.86. The smallest absolute Gasteiger partial charge is 0.370 e. The molecule has 0 amide bonds. The zero-order valence-corrected chi connectivity index (χ0v) is 15.4. The first-order valence-corrected chi connectivity index (χ1v) is 9.25. The van der Waals surface area contributed by atoms with E-state index < -0.39 is 22.4 Å². The zero-order chi connectivity index (χ0) is 19.6. The van der Waals surface area contributed by atoms with Crippen molar-refractivity contribution in [3.8, 4) is 0 Å². The summed E-state index contributed by atoms with van der Waals surface area (Å²) in [5, 5.41) is 11.7. The van der Waals surface area contributed by atoms with Gasteiger partial charge in [0.05, 0.1) is 4.92 Å². The molecular formula is C16H18F3N5O2S. The maximum atomic E-state index is 13.2. The lowest BCUT2D eigenvalue weighted by Gasteiger charge is -2.24. The minimum Gasteiger partial charge on any atom is -0.370 e. The summed E-state index contributed by atoms with van der Waals surface area (Å²) in [6, 6.07) is 3.18. The van der Waals surface area contributed by atoms with Gasteiger partial charge in [-0.1, -0.05) is 6.92 Å². The van der Waals surface area contributed by atoms with E-state index in [0.717, 1.165) is 42.5 Å². The summed E-state index contributed by atoms with van der Waals surface area (Å²) >= 11 is 1.32. The molecule has 11 heteroatoms. The zero-order valence-electron chi connectivity index (χ0n) is 14.6. The molecule has 7 nitrogen and oxygen atoms in total. The second-order valence-electron chi connectivity index (χ2n) is 6.13. The van der Waals surface area contributed by atoms with Gasteiger partial charge in [-0.05, 0) is 18.6 Å². The molecule has 0 N–H and O–H groups in total. The maximum Gasteiger partial charge on any atom is 0.423 e. The van der Waals surface area contributed by atoms with Gasteiger partial charge >= 0.3 is 6.18 Å². The average Bonchev–Trinajstić information content (AvgIpc) is 2.97. The predicted molar refractivity (Wildman–Crippen MR) is 96.4 cm³/mol. The van der Waals surface area contributed by atoms with Gasteiger partial charge in [0.2, 0.25) is 5.13 Å². The van der Waals surface area contributed by atoms with E-state index in [-0.39, 0.29) is 0 Å². The molecule has 3 rings (SSSR count). The van der Waals surface area contributed by atoms with Gasteiger partial charge in [0, 0.05) is 55.9 Å². The predicted octanol–water partition coefficient (Wildman–Crippen LogP) is 3.74. The number of halogens is 3. The quantitative estimate of drug-likeness (QED) is 0.574. The first-order chi connectivity index (χ1) is 12.8. The molecule has 1 aromatic carbocycles. The molecule has 0 radical (unpaired) electrons. The van der Waals surface area contributed by atoms with Gasteiger partial charge in [0.15, 0.2) is 0 Å². The highest BCUT2D eigenvalue weighted by molar-refractivity contribution is 7.09. The van der Waals surface area contributed by atoms with E-state index in [4.69, 9.17) is 0 Å². The summed E-state index contributed by atoms with van der Waals surface area (Å²) in [6.07, 6.45) is -3.29. The van der Waals surface area contributed by atoms with E-state index >= 15 is 0 Å². The first-order valence-electron chi connectivity index (χ1n) is 8.47. The summed E-state index contributed by atoms with van der Waals surface area (Å²) in [5.74, 6) is 0.779. The minimum absolute atomic E-state index is 0.335. The van der Waals surface area contributed by atoms with Gasteiger partial charge in [0.25, 0.3) is 5.69 Å². The van der Waals surface area contributed by atoms with Gasteiger partial charge in [-0.2, -0.15) is 17.5 Å². The summed E-state index contributed by atoms with van der Waals surface area (Å²) in [6.45, 7) is 4.36. The molecule has 0 unspecified atom stereocenters. The van der Waals surface area contributed by atoms with Crippen LogP contribution in [-0.4, -0.2) is 40.5 Å². The fourth-order valence-electron chi connectivity index (χ4n) is 2.99. The van der Waals surface area contributed by atoms with Gasteiger partial charge in [0.1, 0.15) is 11.4 Å². The summed E-state index contributed by atoms with van der Waals surface area (Å²) < 4.78 is 43.9. The topological polar surface area (TPSA) is 75.4 Å². The number of aromatic nitrogens is 2. The fraction of sp³-hybridized carbons (Fsp3) is 0.500. The van der Waals surface area contributed by atoms with Crippen LogP contribution in [0.4, 0.5) is 29.7 Å². The summed E-state index contributed by atoms with van der Waals surface area (Å²) in [7, 11) is 0. The highest BCUT2D eigenvalue weighted by Gasteiger charge is 2.38. The van der Waals surface area contributed by atoms with E-state index in [1.165, 1.54) is 17.6 Å². The Kier molecular flexibility index (Phi) is 5.49. The molecule has 146 valence electrons. The minimum atomic E-state index is -4.78. The van der Waals surface area contributed by atoms with Crippen LogP contribution in [0, 0.1) is 10.1 Å². The van der Waals surface area contributed by atoms with E-state index in [0.29, 0.717) is 25.3 Å². The normalized spacial score (nSPS) is 15.7. The molecule has 1 saturated heterocycles. The molecule has 0 spiro atoms. The number of hydrogen-bond donors (Lipinski definition) is 0. The van der Waals surface area contributed by atoms with Crippen LogP contribution in [0.1, 0.15) is 24.7 Å². The van der Waals surface area contributed by atoms with E-state index in [2.05, 4.69) is 14.3 Å². The van der Waals surface area contributed by atoms with Crippen molar-refractivity contribution in [1.82, 2.24) is 9.36 Å². The Hall–Kier alpha value is -2.43. The molecule has 0 bridgehead atoms. The van der Waals surface area contributed by atoms with Crippen molar-refractivity contribution in [2.75, 3.05) is 36.0 Å². The van der Waals surface area contributed by atoms with Crippen LogP contribution in [0.5, 0.6) is 0 Å². The van der Waals surface area contributed by atoms with Crippen LogP contribution in [0.25, 0.3) is 0 Å².